The van der Waals surface area contributed by atoms with E-state index in [2.05, 4.69) is 0 Å². The van der Waals surface area contributed by atoms with Crippen molar-refractivity contribution in [3.8, 4) is 5.75 Å². The maximum Gasteiger partial charge on any atom is 0.255 e. The van der Waals surface area contributed by atoms with Gasteiger partial charge < -0.3 is 14.4 Å². The lowest BCUT2D eigenvalue weighted by atomic mass is 10.0. The number of fused-ring (bicyclic) bond motifs is 1. The molecule has 8 nitrogen and oxygen atoms in total. The largest absolute Gasteiger partial charge is 0.488 e. The average Bonchev–Trinajstić information content (AvgIpc) is 3.30. The topological polar surface area (TPSA) is 88.2 Å². The minimum Gasteiger partial charge on any atom is -0.488 e. The molecule has 0 saturated carbocycles. The highest BCUT2D eigenvalue weighted by atomic mass is 19.1. The Labute approximate surface area is 206 Å². The van der Waals surface area contributed by atoms with E-state index in [0.29, 0.717) is 26.3 Å². The Hall–Kier alpha value is -3.30. The summed E-state index contributed by atoms with van der Waals surface area (Å²) in [6.45, 7) is 0.962. The molecule has 3 amide bonds. The van der Waals surface area contributed by atoms with Crippen LogP contribution in [0.5, 0.6) is 5.75 Å². The summed E-state index contributed by atoms with van der Waals surface area (Å²) in [5, 5.41) is 2.03. The van der Waals surface area contributed by atoms with E-state index < -0.39 is 72.9 Å². The predicted octanol–water partition coefficient (Wildman–Crippen LogP) is 2.00. The second-order valence-electron chi connectivity index (χ2n) is 8.10. The first kappa shape index (κ1) is 15.6. The molecule has 178 valence electrons. The fourth-order valence-corrected chi connectivity index (χ4v) is 4.10. The molecule has 3 aliphatic heterocycles. The number of piperidine rings is 1. The third-order valence-electron chi connectivity index (χ3n) is 5.88. The lowest BCUT2D eigenvalue weighted by molar-refractivity contribution is -0.136. The van der Waals surface area contributed by atoms with Crippen molar-refractivity contribution in [2.75, 3.05) is 26.3 Å². The zero-order valence-corrected chi connectivity index (χ0v) is 18.2. The molecule has 34 heavy (non-hydrogen) atoms. The number of carbonyl (C=O) groups is 3. The fourth-order valence-electron chi connectivity index (χ4n) is 4.10. The minimum absolute atomic E-state index is 0.0546. The number of hydrogen-bond donors (Lipinski definition) is 1. The maximum atomic E-state index is 15.2. The van der Waals surface area contributed by atoms with Crippen molar-refractivity contribution in [2.24, 2.45) is 0 Å². The summed E-state index contributed by atoms with van der Waals surface area (Å²) < 4.78 is 84.7. The van der Waals surface area contributed by atoms with E-state index in [-0.39, 0.29) is 53.4 Å². The van der Waals surface area contributed by atoms with E-state index in [4.69, 9.17) is 19.1 Å². The smallest absolute Gasteiger partial charge is 0.255 e. The van der Waals surface area contributed by atoms with Gasteiger partial charge in [0.25, 0.3) is 5.91 Å². The van der Waals surface area contributed by atoms with Crippen LogP contribution in [0, 0.1) is 5.82 Å². The summed E-state index contributed by atoms with van der Waals surface area (Å²) in [5.74, 6) is -4.04. The van der Waals surface area contributed by atoms with Gasteiger partial charge >= 0.3 is 0 Å². The molecule has 2 aromatic rings. The highest BCUT2D eigenvalue weighted by molar-refractivity contribution is 6.05. The molecule has 1 unspecified atom stereocenters. The maximum absolute atomic E-state index is 15.2. The van der Waals surface area contributed by atoms with E-state index >= 15 is 4.39 Å². The molecule has 3 aliphatic rings. The van der Waals surface area contributed by atoms with Gasteiger partial charge in [-0.1, -0.05) is 12.1 Å². The number of halogens is 1. The number of ether oxygens (including phenoxy) is 2. The molecule has 0 bridgehead atoms. The third-order valence-corrected chi connectivity index (χ3v) is 5.88. The van der Waals surface area contributed by atoms with Gasteiger partial charge in [-0.25, -0.2) is 4.39 Å². The van der Waals surface area contributed by atoms with Gasteiger partial charge in [0.15, 0.2) is 0 Å². The van der Waals surface area contributed by atoms with Crippen molar-refractivity contribution in [2.45, 2.75) is 38.6 Å². The Balaban J connectivity index is 1.50. The van der Waals surface area contributed by atoms with E-state index in [0.717, 1.165) is 4.90 Å². The predicted molar refractivity (Wildman–Crippen MR) is 119 cm³/mol. The molecule has 9 heteroatoms. The number of benzene rings is 2. The quantitative estimate of drug-likeness (QED) is 0.645. The van der Waals surface area contributed by atoms with Crippen molar-refractivity contribution in [1.82, 2.24) is 15.1 Å². The lowest BCUT2D eigenvalue weighted by Gasteiger charge is -2.29. The van der Waals surface area contributed by atoms with E-state index in [1.54, 1.807) is 0 Å². The summed E-state index contributed by atoms with van der Waals surface area (Å²) in [6, 6.07) is -5.55. The zero-order chi connectivity index (χ0) is 29.8. The van der Waals surface area contributed by atoms with Gasteiger partial charge in [0, 0.05) is 42.7 Å². The molecule has 0 radical (unpaired) electrons. The van der Waals surface area contributed by atoms with E-state index in [1.807, 2.05) is 10.2 Å². The normalized spacial score (nSPS) is 26.0. The second kappa shape index (κ2) is 9.52. The van der Waals surface area contributed by atoms with E-state index in [9.17, 15) is 14.4 Å². The van der Waals surface area contributed by atoms with Gasteiger partial charge in [-0.05, 0) is 36.2 Å². The first-order chi connectivity index (χ1) is 19.4. The molecule has 0 aromatic heterocycles. The lowest BCUT2D eigenvalue weighted by Crippen LogP contribution is -2.52. The molecule has 0 aliphatic carbocycles. The van der Waals surface area contributed by atoms with Crippen molar-refractivity contribution in [3.05, 3.63) is 64.3 Å². The van der Waals surface area contributed by atoms with Crippen LogP contribution >= 0.6 is 0 Å². The number of hydrogen-bond acceptors (Lipinski definition) is 6. The van der Waals surface area contributed by atoms with Gasteiger partial charge in [0.2, 0.25) is 11.8 Å². The van der Waals surface area contributed by atoms with Gasteiger partial charge in [-0.3, -0.25) is 24.6 Å². The molecule has 2 saturated heterocycles. The number of morpholine rings is 1. The van der Waals surface area contributed by atoms with Crippen LogP contribution in [0.15, 0.2) is 36.3 Å². The summed E-state index contributed by atoms with van der Waals surface area (Å²) in [6.07, 6.45) is -0.493. The first-order valence-electron chi connectivity index (χ1n) is 14.4. The molecule has 5 rings (SSSR count). The van der Waals surface area contributed by atoms with Crippen LogP contribution in [0.2, 0.25) is 0 Å². The highest BCUT2D eigenvalue weighted by Crippen LogP contribution is 2.34. The molecular weight excluding hydrogens is 441 g/mol. The molecular formula is C25H26FN3O5. The Morgan fingerprint density at radius 3 is 2.82 bits per heavy atom. The van der Waals surface area contributed by atoms with Crippen LogP contribution in [-0.4, -0.2) is 59.8 Å². The van der Waals surface area contributed by atoms with Crippen molar-refractivity contribution < 1.29 is 37.8 Å². The second-order valence-corrected chi connectivity index (χ2v) is 8.10. The standard InChI is InChI=1S/C25H26FN3O5/c26-20-5-4-16(13-28-8-10-33-11-9-28)12-17(20)15-34-22-3-1-2-18-19(22)14-29(25(18)32)21-6-7-23(30)27-24(21)31/h1-5,12,21H,6-11,13-15H2,(H,27,30,31)/i1D,2D,3D,4D,5D,12D,21D. The van der Waals surface area contributed by atoms with Crippen LogP contribution in [-0.2, 0) is 34.0 Å². The molecule has 3 heterocycles. The van der Waals surface area contributed by atoms with Crippen LogP contribution in [0.1, 0.15) is 49.5 Å². The van der Waals surface area contributed by atoms with Crippen LogP contribution in [0.4, 0.5) is 4.39 Å². The molecule has 2 fully saturated rings. The van der Waals surface area contributed by atoms with Gasteiger partial charge in [-0.2, -0.15) is 0 Å². The van der Waals surface area contributed by atoms with Gasteiger partial charge in [0.1, 0.15) is 24.2 Å². The van der Waals surface area contributed by atoms with Gasteiger partial charge in [0.05, 0.1) is 29.4 Å². The van der Waals surface area contributed by atoms with Crippen LogP contribution in [0.3, 0.4) is 0 Å². The van der Waals surface area contributed by atoms with E-state index in [1.165, 1.54) is 0 Å². The number of amides is 3. The summed E-state index contributed by atoms with van der Waals surface area (Å²) >= 11 is 0. The van der Waals surface area contributed by atoms with Crippen LogP contribution in [0.25, 0.3) is 0 Å². The molecule has 0 spiro atoms. The Morgan fingerprint density at radius 1 is 1.21 bits per heavy atom. The summed E-state index contributed by atoms with van der Waals surface area (Å²) in [7, 11) is 0. The highest BCUT2D eigenvalue weighted by Gasteiger charge is 2.40. The van der Waals surface area contributed by atoms with Crippen molar-refractivity contribution in [3.63, 3.8) is 0 Å². The monoisotopic (exact) mass is 474 g/mol. The summed E-state index contributed by atoms with van der Waals surface area (Å²) in [4.78, 5) is 40.3. The van der Waals surface area contributed by atoms with Crippen molar-refractivity contribution in [1.29, 1.82) is 0 Å². The number of carbonyl (C=O) groups excluding carboxylic acids is 3. The zero-order valence-electron chi connectivity index (χ0n) is 25.2. The minimum atomic E-state index is -2.18. The Kier molecular flexibility index (Phi) is 4.36. The fraction of sp³-hybridized carbons (Fsp3) is 0.400. The average molecular weight is 475 g/mol. The number of imide groups is 1. The first-order valence-corrected chi connectivity index (χ1v) is 10.9. The number of rotatable bonds is 6. The molecule has 1 N–H and O–H groups in total. The summed E-state index contributed by atoms with van der Waals surface area (Å²) in [5.41, 5.74) is -0.640. The Morgan fingerprint density at radius 2 is 2.03 bits per heavy atom. The van der Waals surface area contributed by atoms with Crippen molar-refractivity contribution >= 4 is 17.7 Å². The molecule has 2 aromatic carbocycles. The SMILES string of the molecule is [2H]c1c([2H])c(OCc2c([2H])c(CN3CCOCC3)c([2H])c([2H])c2F)c2c(c1[2H])C(=O)N(C1([2H])CCC(=O)NC1=O)C2. The Bertz CT molecular complexity index is 1490. The van der Waals surface area contributed by atoms with Gasteiger partial charge in [-0.15, -0.1) is 0 Å². The molecule has 1 atom stereocenters. The number of nitrogens with one attached hydrogen (secondary N) is 1. The number of nitrogens with zero attached hydrogens (tertiary/aromatic N) is 2. The van der Waals surface area contributed by atoms with Crippen LogP contribution < -0.4 is 10.1 Å². The third kappa shape index (κ3) is 4.53.